The maximum Gasteiger partial charge on any atom is 0.322 e. The van der Waals surface area contributed by atoms with Crippen LogP contribution in [0.3, 0.4) is 0 Å². The van der Waals surface area contributed by atoms with Gasteiger partial charge < -0.3 is 0 Å². The lowest BCUT2D eigenvalue weighted by Gasteiger charge is -1.72. The molecule has 0 aromatic heterocycles. The number of rotatable bonds is 1. The van der Waals surface area contributed by atoms with E-state index in [0.717, 1.165) is 0 Å². The fourth-order valence-electron chi connectivity index (χ4n) is 0. The van der Waals surface area contributed by atoms with Crippen molar-refractivity contribution in [2.24, 2.45) is 0 Å². The fourth-order valence-corrected chi connectivity index (χ4v) is 0. The largest absolute Gasteiger partial charge is 0.322 e. The molecule has 0 radical (unpaired) electrons. The van der Waals surface area contributed by atoms with E-state index in [1.165, 1.54) is 0 Å². The van der Waals surface area contributed by atoms with Crippen LogP contribution < -0.4 is 0 Å². The first-order valence-corrected chi connectivity index (χ1v) is 1.24. The Labute approximate surface area is 43.1 Å². The molecule has 0 heterocycles. The van der Waals surface area contributed by atoms with E-state index < -0.39 is 5.09 Å². The van der Waals surface area contributed by atoms with Gasteiger partial charge in [-0.15, -0.1) is 15.1 Å². The molecule has 6 nitrogen and oxygen atoms in total. The summed E-state index contributed by atoms with van der Waals surface area (Å²) in [6.45, 7) is 0. The predicted octanol–water partition coefficient (Wildman–Crippen LogP) is -0.200. The second-order valence-corrected chi connectivity index (χ2v) is 0.305. The van der Waals surface area contributed by atoms with E-state index >= 15 is 0 Å². The lowest BCUT2D eigenvalue weighted by molar-refractivity contribution is -0.846. The van der Waals surface area contributed by atoms with Crippen molar-refractivity contribution in [1.82, 2.24) is 0 Å². The van der Waals surface area contributed by atoms with Crippen LogP contribution in [0.25, 0.3) is 0 Å². The van der Waals surface area contributed by atoms with E-state index in [1.807, 2.05) is 0 Å². The van der Waals surface area contributed by atoms with Gasteiger partial charge in [-0.1, -0.05) is 0 Å². The van der Waals surface area contributed by atoms with Crippen LogP contribution in [-0.2, 0) is 4.99 Å². The molecule has 0 fully saturated rings. The smallest absolute Gasteiger partial charge is 0.295 e. The predicted molar refractivity (Wildman–Crippen MR) is 18.8 cm³/mol. The van der Waals surface area contributed by atoms with Gasteiger partial charge in [0.15, 0.2) is 0 Å². The minimum atomic E-state index is -1.32. The van der Waals surface area contributed by atoms with E-state index in [0.29, 0.717) is 0 Å². The highest BCUT2D eigenvalue weighted by molar-refractivity contribution is 6.04. The zero-order chi connectivity index (χ0) is 6.28. The maximum absolute atomic E-state index is 8.70. The van der Waals surface area contributed by atoms with Gasteiger partial charge in [0.05, 0.1) is 11.9 Å². The van der Waals surface area contributed by atoms with Crippen LogP contribution in [0.4, 0.5) is 0 Å². The Morgan fingerprint density at radius 1 is 1.71 bits per heavy atom. The summed E-state index contributed by atoms with van der Waals surface area (Å²) < 4.78 is 6.47. The Balaban J connectivity index is 0. The SMILES string of the molecule is O=[N+]([O-])OO.OCl. The molecule has 0 unspecified atom stereocenters. The fraction of sp³-hybridized carbons (Fsp3) is 0. The van der Waals surface area contributed by atoms with Crippen LogP contribution >= 0.6 is 11.9 Å². The summed E-state index contributed by atoms with van der Waals surface area (Å²) in [4.78, 5) is 11.2. The molecule has 0 saturated heterocycles. The molecule has 44 valence electrons. The molecule has 7 heavy (non-hydrogen) atoms. The van der Waals surface area contributed by atoms with Crippen molar-refractivity contribution in [3.8, 4) is 0 Å². The van der Waals surface area contributed by atoms with Crippen molar-refractivity contribution in [1.29, 1.82) is 0 Å². The van der Waals surface area contributed by atoms with Crippen molar-refractivity contribution in [3.63, 3.8) is 0 Å². The lowest BCUT2D eigenvalue weighted by atomic mass is 13.1. The van der Waals surface area contributed by atoms with E-state index in [2.05, 4.69) is 16.9 Å². The van der Waals surface area contributed by atoms with Crippen LogP contribution in [0.5, 0.6) is 0 Å². The number of halogens is 1. The molecule has 0 rings (SSSR count). The Bertz CT molecular complexity index is 43.3. The standard InChI is InChI=1S/ClHO.HNO4/c1-2;2-1(3)5-4/h2H;4H. The van der Waals surface area contributed by atoms with Crippen molar-refractivity contribution in [3.05, 3.63) is 10.1 Å². The highest BCUT2D eigenvalue weighted by Crippen LogP contribution is 1.56. The van der Waals surface area contributed by atoms with Gasteiger partial charge in [-0.05, 0) is 0 Å². The molecular weight excluding hydrogens is 129 g/mol. The third kappa shape index (κ3) is 31.6. The highest BCUT2D eigenvalue weighted by Gasteiger charge is 1.80. The minimum absolute atomic E-state index is 1.32. The maximum atomic E-state index is 8.70. The van der Waals surface area contributed by atoms with E-state index in [4.69, 9.17) is 20.0 Å². The molecule has 0 aliphatic rings. The Kier molecular flexibility index (Phi) is 12.5. The van der Waals surface area contributed by atoms with Crippen molar-refractivity contribution in [2.75, 3.05) is 0 Å². The Morgan fingerprint density at radius 2 is 1.86 bits per heavy atom. The normalized spacial score (nSPS) is 5.57. The minimum Gasteiger partial charge on any atom is -0.295 e. The molecule has 0 amide bonds. The highest BCUT2D eigenvalue weighted by atomic mass is 35.5. The van der Waals surface area contributed by atoms with E-state index in [-0.39, 0.29) is 0 Å². The van der Waals surface area contributed by atoms with Gasteiger partial charge >= 0.3 is 5.09 Å². The van der Waals surface area contributed by atoms with Crippen LogP contribution in [-0.4, -0.2) is 15.0 Å². The molecule has 2 N–H and O–H groups in total. The molecule has 0 aliphatic heterocycles. The van der Waals surface area contributed by atoms with Crippen molar-refractivity contribution < 1.29 is 20.0 Å². The molecule has 0 atom stereocenters. The van der Waals surface area contributed by atoms with Crippen molar-refractivity contribution >= 4 is 11.9 Å². The zero-order valence-electron chi connectivity index (χ0n) is 2.94. The third-order valence-electron chi connectivity index (χ3n) is 0.0667. The van der Waals surface area contributed by atoms with Crippen LogP contribution in [0.1, 0.15) is 0 Å². The third-order valence-corrected chi connectivity index (χ3v) is 0.0667. The van der Waals surface area contributed by atoms with Gasteiger partial charge in [-0.2, -0.15) is 0 Å². The Morgan fingerprint density at radius 3 is 1.86 bits per heavy atom. The van der Waals surface area contributed by atoms with Gasteiger partial charge in [0.25, 0.3) is 0 Å². The quantitative estimate of drug-likeness (QED) is 0.292. The summed E-state index contributed by atoms with van der Waals surface area (Å²) in [6.07, 6.45) is 0. The summed E-state index contributed by atoms with van der Waals surface area (Å²) in [5.74, 6) is 0. The number of nitrogens with zero attached hydrogens (tertiary/aromatic N) is 1. The van der Waals surface area contributed by atoms with E-state index in [9.17, 15) is 0 Å². The molecular formula is H2ClNO5. The molecule has 0 saturated carbocycles. The monoisotopic (exact) mass is 131 g/mol. The molecule has 0 aliphatic carbocycles. The van der Waals surface area contributed by atoms with Crippen LogP contribution in [0, 0.1) is 10.1 Å². The van der Waals surface area contributed by atoms with Crippen LogP contribution in [0.15, 0.2) is 0 Å². The second-order valence-electron chi connectivity index (χ2n) is 0.305. The van der Waals surface area contributed by atoms with E-state index in [1.54, 1.807) is 0 Å². The molecule has 0 aromatic rings. The summed E-state index contributed by atoms with van der Waals surface area (Å²) in [7, 11) is 0. The first-order chi connectivity index (χ1) is 3.27. The number of hydrogen-bond donors (Lipinski definition) is 2. The molecule has 7 heteroatoms. The molecule has 0 bridgehead atoms. The van der Waals surface area contributed by atoms with Crippen LogP contribution in [0.2, 0.25) is 0 Å². The lowest BCUT2D eigenvalue weighted by Crippen LogP contribution is -1.92. The second kappa shape index (κ2) is 9.05. The average Bonchev–Trinajstić information content (AvgIpc) is 1.73. The summed E-state index contributed by atoms with van der Waals surface area (Å²) in [5.41, 5.74) is 0. The van der Waals surface area contributed by atoms with Gasteiger partial charge in [0, 0.05) is 0 Å². The zero-order valence-corrected chi connectivity index (χ0v) is 3.70. The molecule has 0 aromatic carbocycles. The summed E-state index contributed by atoms with van der Waals surface area (Å²) in [5, 5.41) is 14.3. The molecule has 0 spiro atoms. The van der Waals surface area contributed by atoms with Gasteiger partial charge in [0.2, 0.25) is 0 Å². The average molecular weight is 131 g/mol. The summed E-state index contributed by atoms with van der Waals surface area (Å²) >= 11 is 3.64. The first-order valence-electron chi connectivity index (χ1n) is 0.899. The van der Waals surface area contributed by atoms with Gasteiger partial charge in [-0.3, -0.25) is 4.66 Å². The van der Waals surface area contributed by atoms with Gasteiger partial charge in [0.1, 0.15) is 0 Å². The van der Waals surface area contributed by atoms with Gasteiger partial charge in [-0.25, -0.2) is 5.26 Å². The summed E-state index contributed by atoms with van der Waals surface area (Å²) in [6, 6.07) is 0. The topological polar surface area (TPSA) is 92.8 Å². The number of hydrogen-bond acceptors (Lipinski definition) is 5. The first kappa shape index (κ1) is 9.65. The Hall–Kier alpha value is -0.590. The van der Waals surface area contributed by atoms with Crippen molar-refractivity contribution in [2.45, 2.75) is 0 Å².